The summed E-state index contributed by atoms with van der Waals surface area (Å²) in [5.74, 6) is -0.348. The van der Waals surface area contributed by atoms with E-state index < -0.39 is 12.0 Å². The van der Waals surface area contributed by atoms with Gasteiger partial charge in [0.05, 0.1) is 0 Å². The average Bonchev–Trinajstić information content (AvgIpc) is 2.15. The van der Waals surface area contributed by atoms with E-state index in [2.05, 4.69) is 5.32 Å². The Morgan fingerprint density at radius 2 is 2.19 bits per heavy atom. The van der Waals surface area contributed by atoms with Crippen molar-refractivity contribution in [1.29, 1.82) is 0 Å². The zero-order chi connectivity index (χ0) is 12.1. The fourth-order valence-electron chi connectivity index (χ4n) is 2.38. The van der Waals surface area contributed by atoms with Crippen molar-refractivity contribution in [3.05, 3.63) is 0 Å². The van der Waals surface area contributed by atoms with Crippen LogP contribution in [-0.2, 0) is 4.79 Å². The van der Waals surface area contributed by atoms with Gasteiger partial charge in [0, 0.05) is 12.1 Å². The standard InChI is InChI=1S/C12H24N2O2/c1-8(2)6-11(12(15)16)14-10-5-3-4-9(13)7-10/h8-11,14H,3-7,13H2,1-2H3,(H,15,16). The minimum absolute atomic E-state index is 0.236. The van der Waals surface area contributed by atoms with Crippen LogP contribution in [0.25, 0.3) is 0 Å². The molecule has 3 unspecified atom stereocenters. The van der Waals surface area contributed by atoms with Crippen molar-refractivity contribution in [1.82, 2.24) is 5.32 Å². The molecular formula is C12H24N2O2. The van der Waals surface area contributed by atoms with E-state index in [0.29, 0.717) is 12.3 Å². The Bertz CT molecular complexity index is 231. The predicted octanol–water partition coefficient (Wildman–Crippen LogP) is 1.35. The summed E-state index contributed by atoms with van der Waals surface area (Å²) in [6.45, 7) is 4.09. The van der Waals surface area contributed by atoms with Gasteiger partial charge in [0.1, 0.15) is 6.04 Å². The van der Waals surface area contributed by atoms with E-state index in [1.165, 1.54) is 0 Å². The van der Waals surface area contributed by atoms with Gasteiger partial charge in [-0.1, -0.05) is 20.3 Å². The molecule has 0 aromatic heterocycles. The lowest BCUT2D eigenvalue weighted by Crippen LogP contribution is -2.47. The lowest BCUT2D eigenvalue weighted by Gasteiger charge is -2.30. The fraction of sp³-hybridized carbons (Fsp3) is 0.917. The molecule has 0 aromatic rings. The Morgan fingerprint density at radius 1 is 1.50 bits per heavy atom. The number of carboxylic acid groups (broad SMARTS) is 1. The van der Waals surface area contributed by atoms with Gasteiger partial charge < -0.3 is 16.2 Å². The number of nitrogens with one attached hydrogen (secondary N) is 1. The minimum atomic E-state index is -0.743. The minimum Gasteiger partial charge on any atom is -0.480 e. The largest absolute Gasteiger partial charge is 0.480 e. The predicted molar refractivity (Wildman–Crippen MR) is 64.2 cm³/mol. The van der Waals surface area contributed by atoms with Crippen molar-refractivity contribution in [3.63, 3.8) is 0 Å². The lowest BCUT2D eigenvalue weighted by atomic mass is 9.90. The first-order valence-corrected chi connectivity index (χ1v) is 6.23. The van der Waals surface area contributed by atoms with Crippen LogP contribution in [0.15, 0.2) is 0 Å². The van der Waals surface area contributed by atoms with Crippen LogP contribution in [0.1, 0.15) is 46.0 Å². The molecule has 0 aromatic carbocycles. The van der Waals surface area contributed by atoms with Crippen molar-refractivity contribution in [2.45, 2.75) is 64.1 Å². The summed E-state index contributed by atoms with van der Waals surface area (Å²) >= 11 is 0. The number of hydrogen-bond acceptors (Lipinski definition) is 3. The number of carboxylic acids is 1. The molecule has 0 aliphatic heterocycles. The van der Waals surface area contributed by atoms with Gasteiger partial charge in [0.2, 0.25) is 0 Å². The van der Waals surface area contributed by atoms with Gasteiger partial charge in [-0.3, -0.25) is 4.79 Å². The van der Waals surface area contributed by atoms with Crippen LogP contribution >= 0.6 is 0 Å². The van der Waals surface area contributed by atoms with Gasteiger partial charge >= 0.3 is 5.97 Å². The number of aliphatic carboxylic acids is 1. The van der Waals surface area contributed by atoms with Crippen molar-refractivity contribution >= 4 is 5.97 Å². The summed E-state index contributed by atoms with van der Waals surface area (Å²) in [7, 11) is 0. The Hall–Kier alpha value is -0.610. The Labute approximate surface area is 97.6 Å². The van der Waals surface area contributed by atoms with Crippen molar-refractivity contribution < 1.29 is 9.90 Å². The van der Waals surface area contributed by atoms with Crippen LogP contribution in [-0.4, -0.2) is 29.2 Å². The Kier molecular flexibility index (Phi) is 5.22. The Balaban J connectivity index is 2.44. The second-order valence-electron chi connectivity index (χ2n) is 5.31. The molecule has 0 bridgehead atoms. The van der Waals surface area contributed by atoms with E-state index in [4.69, 9.17) is 10.8 Å². The third-order valence-electron chi connectivity index (χ3n) is 3.16. The van der Waals surface area contributed by atoms with Gasteiger partial charge in [-0.15, -0.1) is 0 Å². The molecule has 94 valence electrons. The van der Waals surface area contributed by atoms with E-state index in [9.17, 15) is 4.79 Å². The van der Waals surface area contributed by atoms with Gasteiger partial charge in [-0.05, 0) is 31.6 Å². The molecule has 0 heterocycles. The second kappa shape index (κ2) is 6.21. The average molecular weight is 228 g/mol. The summed E-state index contributed by atoms with van der Waals surface area (Å²) in [5.41, 5.74) is 5.89. The van der Waals surface area contributed by atoms with Crippen LogP contribution in [0, 0.1) is 5.92 Å². The Morgan fingerprint density at radius 3 is 2.69 bits per heavy atom. The molecule has 1 aliphatic carbocycles. The summed E-state index contributed by atoms with van der Waals surface area (Å²) in [5, 5.41) is 12.4. The maximum atomic E-state index is 11.1. The summed E-state index contributed by atoms with van der Waals surface area (Å²) in [4.78, 5) is 11.1. The molecule has 0 saturated heterocycles. The zero-order valence-electron chi connectivity index (χ0n) is 10.3. The van der Waals surface area contributed by atoms with E-state index in [1.54, 1.807) is 0 Å². The monoisotopic (exact) mass is 228 g/mol. The highest BCUT2D eigenvalue weighted by Gasteiger charge is 2.25. The van der Waals surface area contributed by atoms with Gasteiger partial charge in [0.25, 0.3) is 0 Å². The fourth-order valence-corrected chi connectivity index (χ4v) is 2.38. The highest BCUT2D eigenvalue weighted by molar-refractivity contribution is 5.73. The molecule has 3 atom stereocenters. The van der Waals surface area contributed by atoms with Crippen LogP contribution < -0.4 is 11.1 Å². The van der Waals surface area contributed by atoms with E-state index in [1.807, 2.05) is 13.8 Å². The maximum Gasteiger partial charge on any atom is 0.320 e. The summed E-state index contributed by atoms with van der Waals surface area (Å²) in [6, 6.07) is 0.0960. The molecule has 1 rings (SSSR count). The number of rotatable bonds is 5. The number of hydrogen-bond donors (Lipinski definition) is 3. The quantitative estimate of drug-likeness (QED) is 0.664. The first-order valence-electron chi connectivity index (χ1n) is 6.23. The van der Waals surface area contributed by atoms with Gasteiger partial charge in [-0.2, -0.15) is 0 Å². The molecule has 1 aliphatic rings. The molecule has 0 spiro atoms. The first-order chi connectivity index (χ1) is 7.49. The normalized spacial score (nSPS) is 28.0. The number of carbonyl (C=O) groups is 1. The highest BCUT2D eigenvalue weighted by Crippen LogP contribution is 2.18. The SMILES string of the molecule is CC(C)CC(NC1CCCC(N)C1)C(=O)O. The lowest BCUT2D eigenvalue weighted by molar-refractivity contribution is -0.140. The molecule has 4 heteroatoms. The maximum absolute atomic E-state index is 11.1. The molecule has 0 radical (unpaired) electrons. The van der Waals surface area contributed by atoms with Crippen LogP contribution in [0.2, 0.25) is 0 Å². The van der Waals surface area contributed by atoms with E-state index in [0.717, 1.165) is 25.7 Å². The zero-order valence-corrected chi connectivity index (χ0v) is 10.3. The highest BCUT2D eigenvalue weighted by atomic mass is 16.4. The second-order valence-corrected chi connectivity index (χ2v) is 5.31. The molecule has 4 N–H and O–H groups in total. The van der Waals surface area contributed by atoms with Gasteiger partial charge in [0.15, 0.2) is 0 Å². The summed E-state index contributed by atoms with van der Waals surface area (Å²) in [6.07, 6.45) is 4.81. The smallest absolute Gasteiger partial charge is 0.320 e. The van der Waals surface area contributed by atoms with Crippen LogP contribution in [0.4, 0.5) is 0 Å². The van der Waals surface area contributed by atoms with Crippen molar-refractivity contribution in [3.8, 4) is 0 Å². The molecule has 16 heavy (non-hydrogen) atoms. The van der Waals surface area contributed by atoms with Crippen LogP contribution in [0.5, 0.6) is 0 Å². The van der Waals surface area contributed by atoms with Crippen molar-refractivity contribution in [2.24, 2.45) is 11.7 Å². The van der Waals surface area contributed by atoms with E-state index in [-0.39, 0.29) is 12.1 Å². The third kappa shape index (κ3) is 4.49. The van der Waals surface area contributed by atoms with Gasteiger partial charge in [-0.25, -0.2) is 0 Å². The summed E-state index contributed by atoms with van der Waals surface area (Å²) < 4.78 is 0. The molecular weight excluding hydrogens is 204 g/mol. The molecule has 1 fully saturated rings. The van der Waals surface area contributed by atoms with Crippen LogP contribution in [0.3, 0.4) is 0 Å². The first kappa shape index (κ1) is 13.5. The molecule has 4 nitrogen and oxygen atoms in total. The molecule has 1 saturated carbocycles. The van der Waals surface area contributed by atoms with E-state index >= 15 is 0 Å². The third-order valence-corrected chi connectivity index (χ3v) is 3.16. The molecule has 0 amide bonds. The topological polar surface area (TPSA) is 75.3 Å². The van der Waals surface area contributed by atoms with Crippen molar-refractivity contribution in [2.75, 3.05) is 0 Å². The number of nitrogens with two attached hydrogens (primary N) is 1.